The van der Waals surface area contributed by atoms with Gasteiger partial charge in [0, 0.05) is 0 Å². The van der Waals surface area contributed by atoms with Crippen molar-refractivity contribution in [1.29, 1.82) is 0 Å². The zero-order valence-corrected chi connectivity index (χ0v) is 7.29. The Morgan fingerprint density at radius 3 is 2.58 bits per heavy atom. The Morgan fingerprint density at radius 1 is 1.42 bits per heavy atom. The molecule has 0 aliphatic rings. The largest absolute Gasteiger partial charge is 0.481 e. The van der Waals surface area contributed by atoms with E-state index in [0.717, 1.165) is 12.0 Å². The van der Waals surface area contributed by atoms with Crippen LogP contribution in [0.1, 0.15) is 19.8 Å². The summed E-state index contributed by atoms with van der Waals surface area (Å²) in [6, 6.07) is 0. The molecule has 2 nitrogen and oxygen atoms in total. The first-order valence-electron chi connectivity index (χ1n) is 3.84. The van der Waals surface area contributed by atoms with E-state index in [2.05, 4.69) is 6.58 Å². The maximum Gasteiger partial charge on any atom is 0.307 e. The van der Waals surface area contributed by atoms with Gasteiger partial charge < -0.3 is 5.11 Å². The molecular weight excluding hydrogens is 152 g/mol. The van der Waals surface area contributed by atoms with Crippen LogP contribution < -0.4 is 0 Å². The molecule has 0 bridgehead atoms. The van der Waals surface area contributed by atoms with Crippen molar-refractivity contribution in [2.24, 2.45) is 0 Å². The van der Waals surface area contributed by atoms with E-state index in [1.54, 1.807) is 12.2 Å². The second-order valence-corrected chi connectivity index (χ2v) is 2.43. The van der Waals surface area contributed by atoms with E-state index in [1.165, 1.54) is 0 Å². The van der Waals surface area contributed by atoms with Crippen molar-refractivity contribution >= 4 is 5.97 Å². The first-order chi connectivity index (χ1) is 5.66. The number of carbonyl (C=O) groups is 1. The SMILES string of the molecule is C=C(C=CCC(=O)O)CC=CC. The maximum atomic E-state index is 10.1. The summed E-state index contributed by atoms with van der Waals surface area (Å²) in [5, 5.41) is 8.31. The molecule has 2 heteroatoms. The molecule has 0 atom stereocenters. The standard InChI is InChI=1S/C10H14O2/c1-3-4-6-9(2)7-5-8-10(11)12/h3-5,7H,2,6,8H2,1H3,(H,11,12). The fourth-order valence-corrected chi connectivity index (χ4v) is 0.664. The van der Waals surface area contributed by atoms with Gasteiger partial charge in [-0.25, -0.2) is 0 Å². The highest BCUT2D eigenvalue weighted by Gasteiger charge is 1.89. The van der Waals surface area contributed by atoms with Crippen LogP contribution in [0.2, 0.25) is 0 Å². The van der Waals surface area contributed by atoms with Crippen molar-refractivity contribution in [2.45, 2.75) is 19.8 Å². The van der Waals surface area contributed by atoms with Crippen LogP contribution in [0, 0.1) is 0 Å². The van der Waals surface area contributed by atoms with E-state index < -0.39 is 5.97 Å². The molecule has 0 heterocycles. The molecule has 0 aliphatic carbocycles. The van der Waals surface area contributed by atoms with Crippen LogP contribution in [0.3, 0.4) is 0 Å². The summed E-state index contributed by atoms with van der Waals surface area (Å²) in [5.74, 6) is -0.815. The van der Waals surface area contributed by atoms with Gasteiger partial charge in [-0.3, -0.25) is 4.79 Å². The zero-order chi connectivity index (χ0) is 9.40. The molecule has 1 N–H and O–H groups in total. The lowest BCUT2D eigenvalue weighted by molar-refractivity contribution is -0.135. The average molecular weight is 166 g/mol. The second-order valence-electron chi connectivity index (χ2n) is 2.43. The molecular formula is C10H14O2. The number of allylic oxidation sites excluding steroid dienone is 4. The van der Waals surface area contributed by atoms with Gasteiger partial charge in [0.1, 0.15) is 0 Å². The molecule has 0 radical (unpaired) electrons. The molecule has 12 heavy (non-hydrogen) atoms. The quantitative estimate of drug-likeness (QED) is 0.503. The molecule has 0 fully saturated rings. The minimum atomic E-state index is -0.815. The Hall–Kier alpha value is -1.31. The molecule has 0 amide bonds. The first-order valence-corrected chi connectivity index (χ1v) is 3.84. The molecule has 0 saturated heterocycles. The summed E-state index contributed by atoms with van der Waals surface area (Å²) in [7, 11) is 0. The van der Waals surface area contributed by atoms with Crippen molar-refractivity contribution in [2.75, 3.05) is 0 Å². The lowest BCUT2D eigenvalue weighted by Gasteiger charge is -1.91. The highest BCUT2D eigenvalue weighted by molar-refractivity contribution is 5.68. The fraction of sp³-hybridized carbons (Fsp3) is 0.300. The molecule has 0 unspecified atom stereocenters. The Morgan fingerprint density at radius 2 is 2.08 bits per heavy atom. The van der Waals surface area contributed by atoms with E-state index in [0.29, 0.717) is 0 Å². The van der Waals surface area contributed by atoms with Gasteiger partial charge >= 0.3 is 5.97 Å². The van der Waals surface area contributed by atoms with Crippen LogP contribution in [-0.2, 0) is 4.79 Å². The van der Waals surface area contributed by atoms with Gasteiger partial charge in [0.15, 0.2) is 0 Å². The smallest absolute Gasteiger partial charge is 0.307 e. The number of hydrogen-bond acceptors (Lipinski definition) is 1. The van der Waals surface area contributed by atoms with Gasteiger partial charge in [-0.2, -0.15) is 0 Å². The predicted octanol–water partition coefficient (Wildman–Crippen LogP) is 2.54. The first kappa shape index (κ1) is 10.7. The third kappa shape index (κ3) is 6.81. The van der Waals surface area contributed by atoms with E-state index in [1.807, 2.05) is 19.1 Å². The molecule has 0 aromatic heterocycles. The average Bonchev–Trinajstić information content (AvgIpc) is 2.00. The topological polar surface area (TPSA) is 37.3 Å². The Bertz CT molecular complexity index is 212. The number of rotatable bonds is 5. The van der Waals surface area contributed by atoms with Crippen LogP contribution in [0.5, 0.6) is 0 Å². The normalized spacial score (nSPS) is 11.1. The third-order valence-electron chi connectivity index (χ3n) is 1.26. The summed E-state index contributed by atoms with van der Waals surface area (Å²) in [6.45, 7) is 5.70. The molecule has 0 rings (SSSR count). The van der Waals surface area contributed by atoms with Gasteiger partial charge in [-0.1, -0.05) is 36.5 Å². The molecule has 0 aromatic rings. The highest BCUT2D eigenvalue weighted by Crippen LogP contribution is 2.01. The predicted molar refractivity (Wildman–Crippen MR) is 50.0 cm³/mol. The summed E-state index contributed by atoms with van der Waals surface area (Å²) < 4.78 is 0. The number of carboxylic acid groups (broad SMARTS) is 1. The van der Waals surface area contributed by atoms with Crippen LogP contribution in [0.4, 0.5) is 0 Å². The van der Waals surface area contributed by atoms with Crippen LogP contribution in [0.25, 0.3) is 0 Å². The van der Waals surface area contributed by atoms with Crippen molar-refractivity contribution in [3.63, 3.8) is 0 Å². The number of carboxylic acids is 1. The van der Waals surface area contributed by atoms with Crippen molar-refractivity contribution in [3.05, 3.63) is 36.5 Å². The van der Waals surface area contributed by atoms with Crippen LogP contribution >= 0.6 is 0 Å². The van der Waals surface area contributed by atoms with Crippen molar-refractivity contribution in [3.8, 4) is 0 Å². The van der Waals surface area contributed by atoms with E-state index in [9.17, 15) is 4.79 Å². The Balaban J connectivity index is 3.68. The number of hydrogen-bond donors (Lipinski definition) is 1. The molecule has 66 valence electrons. The lowest BCUT2D eigenvalue weighted by Crippen LogP contribution is -1.89. The fourth-order valence-electron chi connectivity index (χ4n) is 0.664. The minimum Gasteiger partial charge on any atom is -0.481 e. The summed E-state index contributed by atoms with van der Waals surface area (Å²) in [6.07, 6.45) is 8.12. The zero-order valence-electron chi connectivity index (χ0n) is 7.29. The van der Waals surface area contributed by atoms with Gasteiger partial charge in [-0.15, -0.1) is 0 Å². The van der Waals surface area contributed by atoms with E-state index in [-0.39, 0.29) is 6.42 Å². The minimum absolute atomic E-state index is 0.0643. The summed E-state index contributed by atoms with van der Waals surface area (Å²) in [5.41, 5.74) is 0.925. The van der Waals surface area contributed by atoms with Gasteiger partial charge in [-0.05, 0) is 13.3 Å². The summed E-state index contributed by atoms with van der Waals surface area (Å²) in [4.78, 5) is 10.1. The molecule has 0 aromatic carbocycles. The van der Waals surface area contributed by atoms with Crippen LogP contribution in [0.15, 0.2) is 36.5 Å². The van der Waals surface area contributed by atoms with Crippen molar-refractivity contribution < 1.29 is 9.90 Å². The Labute approximate surface area is 72.9 Å². The number of aliphatic carboxylic acids is 1. The second kappa shape index (κ2) is 6.40. The monoisotopic (exact) mass is 166 g/mol. The van der Waals surface area contributed by atoms with Gasteiger partial charge in [0.25, 0.3) is 0 Å². The summed E-state index contributed by atoms with van der Waals surface area (Å²) >= 11 is 0. The third-order valence-corrected chi connectivity index (χ3v) is 1.26. The van der Waals surface area contributed by atoms with Gasteiger partial charge in [0.05, 0.1) is 6.42 Å². The molecule has 0 spiro atoms. The van der Waals surface area contributed by atoms with E-state index >= 15 is 0 Å². The highest BCUT2D eigenvalue weighted by atomic mass is 16.4. The van der Waals surface area contributed by atoms with Gasteiger partial charge in [0.2, 0.25) is 0 Å². The van der Waals surface area contributed by atoms with E-state index in [4.69, 9.17) is 5.11 Å². The maximum absolute atomic E-state index is 10.1. The molecule has 0 aliphatic heterocycles. The van der Waals surface area contributed by atoms with Crippen LogP contribution in [-0.4, -0.2) is 11.1 Å². The lowest BCUT2D eigenvalue weighted by atomic mass is 10.2. The molecule has 0 saturated carbocycles. The Kier molecular flexibility index (Phi) is 5.70. The van der Waals surface area contributed by atoms with Crippen molar-refractivity contribution in [1.82, 2.24) is 0 Å².